The number of nitrogens with one attached hydrogen (secondary N) is 2. The Kier molecular flexibility index (Phi) is 4.53. The fourth-order valence-corrected chi connectivity index (χ4v) is 3.02. The lowest BCUT2D eigenvalue weighted by molar-refractivity contribution is -0.126. The molecule has 1 aliphatic heterocycles. The zero-order valence-electron chi connectivity index (χ0n) is 13.0. The monoisotopic (exact) mass is 373 g/mol. The predicted molar refractivity (Wildman–Crippen MR) is 94.5 cm³/mol. The first-order chi connectivity index (χ1) is 11.0. The molecule has 0 saturated heterocycles. The average molecular weight is 374 g/mol. The summed E-state index contributed by atoms with van der Waals surface area (Å²) in [5.41, 5.74) is 9.71. The van der Waals surface area contributed by atoms with Crippen molar-refractivity contribution in [1.29, 1.82) is 0 Å². The fourth-order valence-electron chi connectivity index (χ4n) is 2.75. The van der Waals surface area contributed by atoms with Gasteiger partial charge in [-0.05, 0) is 41.3 Å². The Morgan fingerprint density at radius 1 is 1.22 bits per heavy atom. The lowest BCUT2D eigenvalue weighted by atomic mass is 9.92. The van der Waals surface area contributed by atoms with E-state index < -0.39 is 5.54 Å². The fraction of sp³-hybridized carbons (Fsp3) is 0.278. The minimum atomic E-state index is -1.06. The van der Waals surface area contributed by atoms with Gasteiger partial charge in [0.05, 0.1) is 0 Å². The van der Waals surface area contributed by atoms with Crippen molar-refractivity contribution in [2.75, 3.05) is 0 Å². The number of carbonyl (C=O) groups is 1. The zero-order valence-corrected chi connectivity index (χ0v) is 14.6. The first-order valence-corrected chi connectivity index (χ1v) is 8.41. The lowest BCUT2D eigenvalue weighted by Crippen LogP contribution is -2.48. The zero-order chi connectivity index (χ0) is 16.4. The largest absolute Gasteiger partial charge is 0.350 e. The van der Waals surface area contributed by atoms with Crippen LogP contribution in [-0.2, 0) is 30.0 Å². The number of amides is 1. The third-order valence-corrected chi connectivity index (χ3v) is 4.80. The summed E-state index contributed by atoms with van der Waals surface area (Å²) in [6.07, 6.45) is 0. The van der Waals surface area contributed by atoms with E-state index in [2.05, 4.69) is 44.8 Å². The summed E-state index contributed by atoms with van der Waals surface area (Å²) in [7, 11) is 0. The second-order valence-corrected chi connectivity index (χ2v) is 7.01. The molecule has 1 amide bonds. The van der Waals surface area contributed by atoms with Crippen LogP contribution in [0, 0.1) is 0 Å². The molecule has 1 unspecified atom stereocenters. The van der Waals surface area contributed by atoms with E-state index >= 15 is 0 Å². The van der Waals surface area contributed by atoms with Crippen LogP contribution < -0.4 is 16.4 Å². The normalized spacial score (nSPS) is 15.8. The molecule has 0 saturated carbocycles. The molecule has 120 valence electrons. The van der Waals surface area contributed by atoms with Crippen LogP contribution in [-0.4, -0.2) is 5.91 Å². The smallest absolute Gasteiger partial charge is 0.244 e. The highest BCUT2D eigenvalue weighted by Crippen LogP contribution is 2.21. The van der Waals surface area contributed by atoms with Gasteiger partial charge in [0.2, 0.25) is 5.91 Å². The second-order valence-electron chi connectivity index (χ2n) is 6.10. The van der Waals surface area contributed by atoms with E-state index in [1.54, 1.807) is 6.92 Å². The summed E-state index contributed by atoms with van der Waals surface area (Å²) in [5, 5.41) is 6.27. The Morgan fingerprint density at radius 2 is 1.91 bits per heavy atom. The lowest BCUT2D eigenvalue weighted by Gasteiger charge is -2.24. The molecular formula is C18H20BrN3O. The van der Waals surface area contributed by atoms with E-state index in [-0.39, 0.29) is 5.91 Å². The van der Waals surface area contributed by atoms with Crippen molar-refractivity contribution in [2.24, 2.45) is 5.73 Å². The van der Waals surface area contributed by atoms with Gasteiger partial charge < -0.3 is 16.4 Å². The van der Waals surface area contributed by atoms with Crippen LogP contribution in [0.4, 0.5) is 0 Å². The SMILES string of the molecule is CC(N)(C(=O)NCc1ccc2c(c1)CNC2)c1ccc(Br)cc1. The number of fused-ring (bicyclic) bond motifs is 1. The Morgan fingerprint density at radius 3 is 2.65 bits per heavy atom. The molecule has 0 bridgehead atoms. The average Bonchev–Trinajstić information content (AvgIpc) is 3.00. The number of nitrogens with two attached hydrogens (primary N) is 1. The van der Waals surface area contributed by atoms with E-state index in [1.807, 2.05) is 24.3 Å². The quantitative estimate of drug-likeness (QED) is 0.771. The minimum Gasteiger partial charge on any atom is -0.350 e. The molecule has 0 spiro atoms. The number of carbonyl (C=O) groups excluding carboxylic acids is 1. The third kappa shape index (κ3) is 3.47. The summed E-state index contributed by atoms with van der Waals surface area (Å²) >= 11 is 3.39. The van der Waals surface area contributed by atoms with E-state index in [4.69, 9.17) is 5.73 Å². The van der Waals surface area contributed by atoms with Gasteiger partial charge in [0.25, 0.3) is 0 Å². The Labute approximate surface area is 144 Å². The van der Waals surface area contributed by atoms with E-state index in [9.17, 15) is 4.79 Å². The maximum absolute atomic E-state index is 12.5. The Balaban J connectivity index is 1.67. The third-order valence-electron chi connectivity index (χ3n) is 4.27. The van der Waals surface area contributed by atoms with Crippen molar-refractivity contribution in [1.82, 2.24) is 10.6 Å². The van der Waals surface area contributed by atoms with E-state index in [1.165, 1.54) is 11.1 Å². The standard InChI is InChI=1S/C18H20BrN3O/c1-18(20,15-4-6-16(19)7-5-15)17(23)22-9-12-2-3-13-10-21-11-14(13)8-12/h2-8,21H,9-11,20H2,1H3,(H,22,23). The molecule has 0 aromatic heterocycles. The maximum atomic E-state index is 12.5. The van der Waals surface area contributed by atoms with Gasteiger partial charge in [-0.2, -0.15) is 0 Å². The molecule has 23 heavy (non-hydrogen) atoms. The number of halogens is 1. The molecule has 3 rings (SSSR count). The number of hydrogen-bond acceptors (Lipinski definition) is 3. The molecule has 2 aromatic carbocycles. The highest BCUT2D eigenvalue weighted by Gasteiger charge is 2.30. The number of hydrogen-bond donors (Lipinski definition) is 3. The van der Waals surface area contributed by atoms with Crippen LogP contribution in [0.5, 0.6) is 0 Å². The Hall–Kier alpha value is -1.69. The molecule has 1 aliphatic rings. The minimum absolute atomic E-state index is 0.182. The van der Waals surface area contributed by atoms with E-state index in [0.29, 0.717) is 6.54 Å². The van der Waals surface area contributed by atoms with Crippen molar-refractivity contribution in [3.05, 3.63) is 69.2 Å². The summed E-state index contributed by atoms with van der Waals surface area (Å²) in [5.74, 6) is -0.182. The van der Waals surface area contributed by atoms with Gasteiger partial charge in [0.1, 0.15) is 5.54 Å². The second kappa shape index (κ2) is 6.43. The Bertz CT molecular complexity index is 726. The highest BCUT2D eigenvalue weighted by atomic mass is 79.9. The van der Waals surface area contributed by atoms with Crippen molar-refractivity contribution < 1.29 is 4.79 Å². The summed E-state index contributed by atoms with van der Waals surface area (Å²) in [6.45, 7) is 4.03. The number of rotatable bonds is 4. The topological polar surface area (TPSA) is 67.2 Å². The van der Waals surface area contributed by atoms with Crippen molar-refractivity contribution in [3.63, 3.8) is 0 Å². The van der Waals surface area contributed by atoms with Crippen LogP contribution in [0.3, 0.4) is 0 Å². The maximum Gasteiger partial charge on any atom is 0.244 e. The van der Waals surface area contributed by atoms with Gasteiger partial charge in [-0.3, -0.25) is 4.79 Å². The molecule has 5 heteroatoms. The summed E-state index contributed by atoms with van der Waals surface area (Å²) in [6, 6.07) is 13.8. The molecule has 1 atom stereocenters. The summed E-state index contributed by atoms with van der Waals surface area (Å²) < 4.78 is 0.962. The number of benzene rings is 2. The summed E-state index contributed by atoms with van der Waals surface area (Å²) in [4.78, 5) is 12.5. The molecule has 4 N–H and O–H groups in total. The van der Waals surface area contributed by atoms with Gasteiger partial charge in [-0.15, -0.1) is 0 Å². The first-order valence-electron chi connectivity index (χ1n) is 7.61. The molecule has 2 aromatic rings. The van der Waals surface area contributed by atoms with Crippen molar-refractivity contribution >= 4 is 21.8 Å². The molecule has 0 fully saturated rings. The van der Waals surface area contributed by atoms with Gasteiger partial charge in [0, 0.05) is 24.1 Å². The predicted octanol–water partition coefficient (Wildman–Crippen LogP) is 2.54. The van der Waals surface area contributed by atoms with Gasteiger partial charge >= 0.3 is 0 Å². The van der Waals surface area contributed by atoms with Gasteiger partial charge in [-0.25, -0.2) is 0 Å². The van der Waals surface area contributed by atoms with Crippen LogP contribution in [0.1, 0.15) is 29.2 Å². The van der Waals surface area contributed by atoms with E-state index in [0.717, 1.165) is 28.7 Å². The van der Waals surface area contributed by atoms with Crippen LogP contribution in [0.25, 0.3) is 0 Å². The first kappa shape index (κ1) is 16.2. The van der Waals surface area contributed by atoms with Crippen molar-refractivity contribution in [2.45, 2.75) is 32.1 Å². The van der Waals surface area contributed by atoms with Gasteiger partial charge in [0.15, 0.2) is 0 Å². The van der Waals surface area contributed by atoms with Crippen LogP contribution >= 0.6 is 15.9 Å². The molecule has 1 heterocycles. The molecular weight excluding hydrogens is 354 g/mol. The highest BCUT2D eigenvalue weighted by molar-refractivity contribution is 9.10. The van der Waals surface area contributed by atoms with Crippen molar-refractivity contribution in [3.8, 4) is 0 Å². The van der Waals surface area contributed by atoms with Gasteiger partial charge in [-0.1, -0.05) is 46.3 Å². The van der Waals surface area contributed by atoms with Crippen LogP contribution in [0.2, 0.25) is 0 Å². The molecule has 0 radical (unpaired) electrons. The molecule has 0 aliphatic carbocycles. The molecule has 4 nitrogen and oxygen atoms in total. The van der Waals surface area contributed by atoms with Crippen LogP contribution in [0.15, 0.2) is 46.9 Å².